The first-order chi connectivity index (χ1) is 30.9. The number of aryl methyl sites for hydroxylation is 3. The molecule has 21 nitrogen and oxygen atoms in total. The molecule has 29 heteroatoms. The van der Waals surface area contributed by atoms with E-state index in [0.29, 0.717) is 23.2 Å². The lowest BCUT2D eigenvalue weighted by molar-refractivity contribution is -0.135. The van der Waals surface area contributed by atoms with Crippen molar-refractivity contribution >= 4 is 99.2 Å². The maximum absolute atomic E-state index is 12.8. The van der Waals surface area contributed by atoms with E-state index in [-0.39, 0.29) is 60.5 Å². The van der Waals surface area contributed by atoms with E-state index in [4.69, 9.17) is 66.0 Å². The number of anilines is 4. The van der Waals surface area contributed by atoms with Crippen LogP contribution in [-0.2, 0) is 35.3 Å². The number of carboxylic acids is 1. The predicted octanol–water partition coefficient (Wildman–Crippen LogP) is 6.54. The number of aromatic nitrogens is 6. The number of carboxylic acid groups (broad SMARTS) is 1. The molecular formula is C38H56Cl4F2N11O10PS. The van der Waals surface area contributed by atoms with Crippen LogP contribution in [0.25, 0.3) is 5.69 Å². The molecule has 0 aliphatic heterocycles. The van der Waals surface area contributed by atoms with Crippen molar-refractivity contribution in [2.45, 2.75) is 79.9 Å². The third-order valence-electron chi connectivity index (χ3n) is 7.93. The summed E-state index contributed by atoms with van der Waals surface area (Å²) in [7, 11) is -6.11. The Bertz CT molecular complexity index is 2500. The van der Waals surface area contributed by atoms with Crippen molar-refractivity contribution in [2.75, 3.05) is 65.5 Å². The van der Waals surface area contributed by atoms with Crippen LogP contribution in [0, 0.1) is 13.8 Å². The topological polar surface area (TPSA) is 285 Å². The molecule has 0 aliphatic carbocycles. The smallest absolute Gasteiger partial charge is 0.355 e. The quantitative estimate of drug-likeness (QED) is 0.0436. The summed E-state index contributed by atoms with van der Waals surface area (Å²) in [4.78, 5) is 64.2. The molecule has 2 aromatic carbocycles. The molecule has 4 aromatic rings. The number of alkyl halides is 3. The summed E-state index contributed by atoms with van der Waals surface area (Å²) >= 11 is 23.4. The Labute approximate surface area is 407 Å². The minimum atomic E-state index is -4.10. The monoisotopic (exact) mass is 1070 g/mol. The predicted molar refractivity (Wildman–Crippen MR) is 257 cm³/mol. The van der Waals surface area contributed by atoms with Gasteiger partial charge in [-0.15, -0.1) is 16.7 Å². The second-order valence-electron chi connectivity index (χ2n) is 15.0. The number of nitrogens with zero attached hydrogens (tertiary/aromatic N) is 7. The summed E-state index contributed by atoms with van der Waals surface area (Å²) in [6.45, 7) is 13.1. The summed E-state index contributed by atoms with van der Waals surface area (Å²) in [6, 6.07) is 8.36. The highest BCUT2D eigenvalue weighted by molar-refractivity contribution is 7.92. The number of para-hydroxylation sites is 1. The number of amides is 1. The molecule has 67 heavy (non-hydrogen) atoms. The Morgan fingerprint density at radius 3 is 2.12 bits per heavy atom. The number of aliphatic carboxylic acids is 1. The van der Waals surface area contributed by atoms with Gasteiger partial charge in [0.15, 0.2) is 0 Å². The molecule has 0 radical (unpaired) electrons. The molecule has 1 atom stereocenters. The van der Waals surface area contributed by atoms with Crippen molar-refractivity contribution in [3.63, 3.8) is 0 Å². The van der Waals surface area contributed by atoms with Crippen LogP contribution >= 0.6 is 54.0 Å². The van der Waals surface area contributed by atoms with Gasteiger partial charge in [0.05, 0.1) is 58.8 Å². The summed E-state index contributed by atoms with van der Waals surface area (Å²) < 4.78 is 66.5. The van der Waals surface area contributed by atoms with Crippen LogP contribution in [0.15, 0.2) is 35.1 Å². The van der Waals surface area contributed by atoms with Crippen LogP contribution in [0.1, 0.15) is 65.0 Å². The van der Waals surface area contributed by atoms with Crippen LogP contribution in [-0.4, -0.2) is 121 Å². The van der Waals surface area contributed by atoms with E-state index in [9.17, 15) is 36.1 Å². The fourth-order valence-corrected chi connectivity index (χ4v) is 7.27. The molecule has 0 fully saturated rings. The van der Waals surface area contributed by atoms with Gasteiger partial charge in [0.1, 0.15) is 11.7 Å². The summed E-state index contributed by atoms with van der Waals surface area (Å²) in [5.41, 5.74) is 1.84. The van der Waals surface area contributed by atoms with Gasteiger partial charge in [-0.2, -0.15) is 28.4 Å². The Balaban J connectivity index is 0.000000465. The van der Waals surface area contributed by atoms with E-state index in [1.807, 2.05) is 53.7 Å². The third-order valence-corrected chi connectivity index (χ3v) is 10.2. The summed E-state index contributed by atoms with van der Waals surface area (Å²) in [6.07, 6.45) is 1.18. The number of sulfonamides is 1. The van der Waals surface area contributed by atoms with Gasteiger partial charge in [-0.3, -0.25) is 24.2 Å². The Hall–Kier alpha value is -4.23. The Morgan fingerprint density at radius 2 is 1.64 bits per heavy atom. The normalized spacial score (nSPS) is 11.8. The number of nitrogens with one attached hydrogen (secondary N) is 4. The second-order valence-corrected chi connectivity index (χ2v) is 19.8. The standard InChI is InChI=1S/C15H22ClNO2.C11H10Cl2F2N4O3S.C9H16ClN5.C3H8NO5P/c1-5-13-8-6-7-11(2)15(13)17(14(18)9-16)12(3)10-19-4;1-5-16-19(11(20)18(5)10(14)15)9-4-8(17-23(2,21)22)6(12)3-7(9)13;1-5-11-7-12-6(10)13-8(14-7)15-9(2,3)4;5-3(6)1-4-2-10(7,8)9/h6-8,12H,5,9-10H2,1-4H3;3-4,10,17H,1-2H3;5H2,1-4H3,(H2,11,12,13,14,15);4H,1-2H2,(H,5,6)(H2,7,8,9). The van der Waals surface area contributed by atoms with Crippen LogP contribution in [0.3, 0.4) is 0 Å². The van der Waals surface area contributed by atoms with Crippen LogP contribution in [0.2, 0.25) is 15.3 Å². The van der Waals surface area contributed by atoms with E-state index in [1.54, 1.807) is 12.0 Å². The molecule has 2 aromatic heterocycles. The highest BCUT2D eigenvalue weighted by atomic mass is 35.5. The first kappa shape index (κ1) is 60.8. The average molecular weight is 1070 g/mol. The third kappa shape index (κ3) is 21.7. The lowest BCUT2D eigenvalue weighted by atomic mass is 10.0. The maximum Gasteiger partial charge on any atom is 0.355 e. The largest absolute Gasteiger partial charge is 0.480 e. The van der Waals surface area contributed by atoms with Crippen molar-refractivity contribution in [3.05, 3.63) is 73.1 Å². The zero-order chi connectivity index (χ0) is 51.6. The van der Waals surface area contributed by atoms with E-state index >= 15 is 0 Å². The fourth-order valence-electron chi connectivity index (χ4n) is 5.44. The summed E-state index contributed by atoms with van der Waals surface area (Å²) in [5, 5.41) is 20.0. The van der Waals surface area contributed by atoms with E-state index in [1.165, 1.54) is 13.0 Å². The second kappa shape index (κ2) is 27.7. The van der Waals surface area contributed by atoms with Crippen LogP contribution < -0.4 is 31.3 Å². The number of ether oxygens (including phenoxy) is 1. The number of halogens is 6. The summed E-state index contributed by atoms with van der Waals surface area (Å²) in [5.74, 6) is -0.508. The van der Waals surface area contributed by atoms with Gasteiger partial charge in [-0.1, -0.05) is 48.3 Å². The highest BCUT2D eigenvalue weighted by Gasteiger charge is 2.25. The van der Waals surface area contributed by atoms with Gasteiger partial charge in [0.2, 0.25) is 33.1 Å². The van der Waals surface area contributed by atoms with Crippen molar-refractivity contribution < 1.29 is 51.0 Å². The Kier molecular flexibility index (Phi) is 25.1. The number of rotatable bonds is 17. The maximum atomic E-state index is 12.8. The minimum Gasteiger partial charge on any atom is -0.480 e. The van der Waals surface area contributed by atoms with Crippen LogP contribution in [0.4, 0.5) is 32.1 Å². The zero-order valence-corrected chi connectivity index (χ0v) is 43.0. The molecule has 0 aliphatic rings. The van der Waals surface area contributed by atoms with Gasteiger partial charge in [-0.05, 0) is 89.7 Å². The van der Waals surface area contributed by atoms with E-state index < -0.39 is 48.7 Å². The number of methoxy groups -OCH3 is 1. The van der Waals surface area contributed by atoms with Crippen molar-refractivity contribution in [1.82, 2.24) is 34.6 Å². The molecule has 2 heterocycles. The van der Waals surface area contributed by atoms with Gasteiger partial charge >= 0.3 is 25.8 Å². The fraction of sp³-hybridized carbons (Fsp3) is 0.500. The molecular weight excluding hydrogens is 1010 g/mol. The molecule has 1 unspecified atom stereocenters. The average Bonchev–Trinajstić information content (AvgIpc) is 3.48. The van der Waals surface area contributed by atoms with Gasteiger partial charge in [-0.25, -0.2) is 17.8 Å². The highest BCUT2D eigenvalue weighted by Crippen LogP contribution is 2.33. The number of carbonyl (C=O) groups is 2. The minimum absolute atomic E-state index is 0.0223. The van der Waals surface area contributed by atoms with Crippen LogP contribution in [0.5, 0.6) is 0 Å². The molecule has 376 valence electrons. The molecule has 1 amide bonds. The van der Waals surface area contributed by atoms with Gasteiger partial charge in [0.25, 0.3) is 0 Å². The molecule has 7 N–H and O–H groups in total. The number of hydrogen-bond donors (Lipinski definition) is 7. The number of hydrogen-bond acceptors (Lipinski definition) is 14. The zero-order valence-electron chi connectivity index (χ0n) is 38.2. The van der Waals surface area contributed by atoms with Crippen molar-refractivity contribution in [3.8, 4) is 5.69 Å². The molecule has 0 spiro atoms. The number of benzene rings is 2. The molecule has 0 saturated carbocycles. The Morgan fingerprint density at radius 1 is 1.03 bits per heavy atom. The van der Waals surface area contributed by atoms with Gasteiger partial charge < -0.3 is 35.2 Å². The lowest BCUT2D eigenvalue weighted by Crippen LogP contribution is -2.43. The van der Waals surface area contributed by atoms with Crippen molar-refractivity contribution in [2.24, 2.45) is 0 Å². The van der Waals surface area contributed by atoms with E-state index in [0.717, 1.165) is 42.1 Å². The molecule has 0 saturated heterocycles. The number of carbonyl (C=O) groups excluding carboxylic acids is 1. The van der Waals surface area contributed by atoms with Crippen molar-refractivity contribution in [1.29, 1.82) is 0 Å². The first-order valence-corrected chi connectivity index (χ1v) is 25.0. The molecule has 4 rings (SSSR count). The van der Waals surface area contributed by atoms with Gasteiger partial charge in [0, 0.05) is 19.2 Å². The molecule has 0 bridgehead atoms. The lowest BCUT2D eigenvalue weighted by Gasteiger charge is -2.31. The van der Waals surface area contributed by atoms with E-state index in [2.05, 4.69) is 53.7 Å². The first-order valence-electron chi connectivity index (χ1n) is 19.7. The SMILES string of the molecule is CCNc1nc(Cl)nc(NC(C)(C)C)n1.CCc1cccc(C)c1N(C(=O)CCl)C(C)COC.Cc1nn(-c2cc(NS(C)(=O)=O)c(Cl)cc2Cl)c(=O)n1C(F)F.O=C(O)CNCP(=O)(O)O.